The van der Waals surface area contributed by atoms with E-state index < -0.39 is 48.2 Å². The van der Waals surface area contributed by atoms with Crippen LogP contribution in [0.25, 0.3) is 11.1 Å². The molecule has 3 rings (SSSR count). The van der Waals surface area contributed by atoms with Crippen LogP contribution < -0.4 is 9.47 Å². The van der Waals surface area contributed by atoms with Crippen molar-refractivity contribution in [3.8, 4) is 22.6 Å². The number of hydrogen-bond acceptors (Lipinski definition) is 11. The third kappa shape index (κ3) is 13.5. The van der Waals surface area contributed by atoms with E-state index in [0.717, 1.165) is 29.7 Å². The van der Waals surface area contributed by atoms with Gasteiger partial charge < -0.3 is 28.4 Å². The second-order valence-electron chi connectivity index (χ2n) is 12.6. The molecule has 0 aliphatic rings. The van der Waals surface area contributed by atoms with Crippen molar-refractivity contribution in [3.63, 3.8) is 0 Å². The highest BCUT2D eigenvalue weighted by Gasteiger charge is 2.29. The van der Waals surface area contributed by atoms with Gasteiger partial charge in [0.05, 0.1) is 24.3 Å². The third-order valence-electron chi connectivity index (χ3n) is 8.20. The normalized spacial score (nSPS) is 13.1. The van der Waals surface area contributed by atoms with E-state index in [1.165, 1.54) is 70.7 Å². The summed E-state index contributed by atoms with van der Waals surface area (Å²) < 4.78 is 31.7. The minimum atomic E-state index is -1.37. The fourth-order valence-electron chi connectivity index (χ4n) is 4.64. The molecule has 0 amide bonds. The van der Waals surface area contributed by atoms with Crippen LogP contribution in [-0.2, 0) is 33.3 Å². The molecule has 3 aromatic carbocycles. The van der Waals surface area contributed by atoms with Gasteiger partial charge in [-0.3, -0.25) is 0 Å². The first-order valence-corrected chi connectivity index (χ1v) is 17.9. The lowest BCUT2D eigenvalue weighted by Gasteiger charge is -2.19. The van der Waals surface area contributed by atoms with Crippen LogP contribution >= 0.6 is 0 Å². The fourth-order valence-corrected chi connectivity index (χ4v) is 4.64. The highest BCUT2D eigenvalue weighted by Crippen LogP contribution is 2.24. The molecule has 11 nitrogen and oxygen atoms in total. The molecule has 0 N–H and O–H groups in total. The van der Waals surface area contributed by atoms with Gasteiger partial charge in [0.2, 0.25) is 0 Å². The molecule has 52 heavy (non-hydrogen) atoms. The Morgan fingerprint density at radius 1 is 0.538 bits per heavy atom. The van der Waals surface area contributed by atoms with E-state index in [2.05, 4.69) is 6.92 Å². The maximum Gasteiger partial charge on any atom is 0.348 e. The summed E-state index contributed by atoms with van der Waals surface area (Å²) in [6, 6.07) is 20.5. The zero-order chi connectivity index (χ0) is 38.0. The van der Waals surface area contributed by atoms with Gasteiger partial charge >= 0.3 is 29.8 Å². The van der Waals surface area contributed by atoms with Crippen LogP contribution in [0.3, 0.4) is 0 Å². The Balaban J connectivity index is 1.44. The van der Waals surface area contributed by atoms with Crippen molar-refractivity contribution in [2.24, 2.45) is 5.92 Å². The van der Waals surface area contributed by atoms with Crippen LogP contribution in [0.15, 0.2) is 72.8 Å². The standard InChI is InChI=1S/C41H50O11/c1-7-9-10-11-12-25-47-35-21-17-32(18-22-35)31-13-15-33(16-14-31)41(46)52-36-23-19-34(20-24-36)40(45)51-30(6)39(44)50-29(5)38(43)49-28(4)37(42)48-26-27(3)8-2/h13-24,27-30H,7-12,25-26H2,1-6H3. The van der Waals surface area contributed by atoms with Crippen LogP contribution in [0.5, 0.6) is 11.5 Å². The summed E-state index contributed by atoms with van der Waals surface area (Å²) in [4.78, 5) is 62.3. The van der Waals surface area contributed by atoms with Gasteiger partial charge in [-0.2, -0.15) is 0 Å². The Morgan fingerprint density at radius 3 is 1.60 bits per heavy atom. The Morgan fingerprint density at radius 2 is 1.02 bits per heavy atom. The molecule has 0 aliphatic heterocycles. The van der Waals surface area contributed by atoms with Crippen molar-refractivity contribution in [1.29, 1.82) is 0 Å². The number of unbranched alkanes of at least 4 members (excludes halogenated alkanes) is 4. The first kappa shape index (κ1) is 41.2. The molecule has 0 saturated heterocycles. The summed E-state index contributed by atoms with van der Waals surface area (Å²) in [5.74, 6) is -2.90. The zero-order valence-electron chi connectivity index (χ0n) is 30.9. The number of benzene rings is 3. The zero-order valence-corrected chi connectivity index (χ0v) is 30.9. The molecule has 11 heteroatoms. The Labute approximate surface area is 305 Å². The van der Waals surface area contributed by atoms with Crippen LogP contribution in [-0.4, -0.2) is 61.4 Å². The third-order valence-corrected chi connectivity index (χ3v) is 8.20. The summed E-state index contributed by atoms with van der Waals surface area (Å²) in [5, 5.41) is 0. The summed E-state index contributed by atoms with van der Waals surface area (Å²) in [6.07, 6.45) is 2.81. The largest absolute Gasteiger partial charge is 0.494 e. The van der Waals surface area contributed by atoms with Crippen LogP contribution in [0.4, 0.5) is 0 Å². The number of rotatable bonds is 20. The molecular weight excluding hydrogens is 668 g/mol. The van der Waals surface area contributed by atoms with Gasteiger partial charge in [-0.15, -0.1) is 0 Å². The molecule has 4 atom stereocenters. The second kappa shape index (κ2) is 21.2. The second-order valence-corrected chi connectivity index (χ2v) is 12.6. The lowest BCUT2D eigenvalue weighted by Crippen LogP contribution is -2.36. The molecule has 0 bridgehead atoms. The summed E-state index contributed by atoms with van der Waals surface area (Å²) in [6.45, 7) is 10.9. The lowest BCUT2D eigenvalue weighted by atomic mass is 10.0. The van der Waals surface area contributed by atoms with Crippen molar-refractivity contribution >= 4 is 29.8 Å². The molecule has 4 unspecified atom stereocenters. The van der Waals surface area contributed by atoms with Gasteiger partial charge in [0.15, 0.2) is 18.3 Å². The lowest BCUT2D eigenvalue weighted by molar-refractivity contribution is -0.179. The SMILES string of the molecule is CCCCCCCOc1ccc(-c2ccc(C(=O)Oc3ccc(C(=O)OC(C)C(=O)OC(C)C(=O)OC(C)C(=O)OCC(C)CC)cc3)cc2)cc1. The Bertz CT molecular complexity index is 1600. The summed E-state index contributed by atoms with van der Waals surface area (Å²) in [7, 11) is 0. The van der Waals surface area contributed by atoms with Gasteiger partial charge in [0.25, 0.3) is 0 Å². The number of carbonyl (C=O) groups is 5. The smallest absolute Gasteiger partial charge is 0.348 e. The molecule has 0 aromatic heterocycles. The van der Waals surface area contributed by atoms with Crippen molar-refractivity contribution in [3.05, 3.63) is 83.9 Å². The van der Waals surface area contributed by atoms with Crippen LogP contribution in [0.2, 0.25) is 0 Å². The van der Waals surface area contributed by atoms with Crippen molar-refractivity contribution in [2.45, 2.75) is 98.4 Å². The Hall–Kier alpha value is -5.19. The minimum Gasteiger partial charge on any atom is -0.494 e. The summed E-state index contributed by atoms with van der Waals surface area (Å²) >= 11 is 0. The predicted octanol–water partition coefficient (Wildman–Crippen LogP) is 7.92. The van der Waals surface area contributed by atoms with Crippen molar-refractivity contribution in [2.75, 3.05) is 13.2 Å². The Kier molecular flexibility index (Phi) is 16.8. The van der Waals surface area contributed by atoms with Gasteiger partial charge in [-0.05, 0) is 92.8 Å². The maximum absolute atomic E-state index is 12.8. The van der Waals surface area contributed by atoms with Crippen LogP contribution in [0.1, 0.15) is 101 Å². The topological polar surface area (TPSA) is 141 Å². The monoisotopic (exact) mass is 718 g/mol. The van der Waals surface area contributed by atoms with Crippen molar-refractivity contribution < 1.29 is 52.4 Å². The highest BCUT2D eigenvalue weighted by atomic mass is 16.6. The molecule has 280 valence electrons. The number of carbonyl (C=O) groups excluding carboxylic acids is 5. The summed E-state index contributed by atoms with van der Waals surface area (Å²) in [5.41, 5.74) is 2.35. The van der Waals surface area contributed by atoms with Gasteiger partial charge in [-0.1, -0.05) is 77.1 Å². The molecule has 0 aliphatic carbocycles. The van der Waals surface area contributed by atoms with E-state index in [4.69, 9.17) is 28.4 Å². The molecule has 0 saturated carbocycles. The molecule has 3 aromatic rings. The van der Waals surface area contributed by atoms with E-state index in [0.29, 0.717) is 12.2 Å². The van der Waals surface area contributed by atoms with E-state index in [1.54, 1.807) is 12.1 Å². The average molecular weight is 719 g/mol. The van der Waals surface area contributed by atoms with E-state index in [1.807, 2.05) is 50.2 Å². The number of hydrogen-bond donors (Lipinski definition) is 0. The van der Waals surface area contributed by atoms with E-state index in [-0.39, 0.29) is 23.8 Å². The quantitative estimate of drug-likeness (QED) is 0.0487. The molecule has 0 heterocycles. The first-order valence-electron chi connectivity index (χ1n) is 17.9. The van der Waals surface area contributed by atoms with E-state index >= 15 is 0 Å². The first-order chi connectivity index (χ1) is 24.9. The highest BCUT2D eigenvalue weighted by molar-refractivity contribution is 5.93. The van der Waals surface area contributed by atoms with Gasteiger partial charge in [-0.25, -0.2) is 24.0 Å². The molecule has 0 spiro atoms. The molecule has 0 radical (unpaired) electrons. The number of ether oxygens (including phenoxy) is 6. The van der Waals surface area contributed by atoms with Gasteiger partial charge in [0, 0.05) is 0 Å². The minimum absolute atomic E-state index is 0.0874. The predicted molar refractivity (Wildman–Crippen MR) is 194 cm³/mol. The fraction of sp³-hybridized carbons (Fsp3) is 0.439. The maximum atomic E-state index is 12.8. The van der Waals surface area contributed by atoms with E-state index in [9.17, 15) is 24.0 Å². The van der Waals surface area contributed by atoms with Crippen molar-refractivity contribution in [1.82, 2.24) is 0 Å². The molecular formula is C41H50O11. The van der Waals surface area contributed by atoms with Gasteiger partial charge in [0.1, 0.15) is 11.5 Å². The average Bonchev–Trinajstić information content (AvgIpc) is 3.15. The van der Waals surface area contributed by atoms with Crippen LogP contribution in [0, 0.1) is 5.92 Å². The molecule has 0 fully saturated rings. The number of esters is 5.